The molecule has 21 heavy (non-hydrogen) atoms. The van der Waals surface area contributed by atoms with E-state index >= 15 is 0 Å². The molecule has 0 aliphatic rings. The maximum Gasteiger partial charge on any atom is 0.123 e. The first-order valence-corrected chi connectivity index (χ1v) is 7.60. The van der Waals surface area contributed by atoms with Gasteiger partial charge in [-0.15, -0.1) is 0 Å². The van der Waals surface area contributed by atoms with Crippen LogP contribution in [0, 0.1) is 13.8 Å². The molecule has 2 N–H and O–H groups in total. The molecule has 0 radical (unpaired) electrons. The van der Waals surface area contributed by atoms with E-state index in [9.17, 15) is 0 Å². The van der Waals surface area contributed by atoms with Gasteiger partial charge in [-0.1, -0.05) is 28.1 Å². The third kappa shape index (κ3) is 3.77. The highest BCUT2D eigenvalue weighted by Gasteiger charge is 2.06. The van der Waals surface area contributed by atoms with Crippen LogP contribution in [0.4, 0.5) is 0 Å². The zero-order valence-corrected chi connectivity index (χ0v) is 14.2. The number of ether oxygens (including phenoxy) is 2. The van der Waals surface area contributed by atoms with Gasteiger partial charge in [0.05, 0.1) is 7.11 Å². The lowest BCUT2D eigenvalue weighted by atomic mass is 10.1. The van der Waals surface area contributed by atoms with E-state index in [0.717, 1.165) is 27.1 Å². The quantitative estimate of drug-likeness (QED) is 0.883. The van der Waals surface area contributed by atoms with E-state index in [2.05, 4.69) is 29.8 Å². The molecule has 0 aliphatic heterocycles. The van der Waals surface area contributed by atoms with Crippen LogP contribution in [0.2, 0.25) is 0 Å². The minimum atomic E-state index is 0.468. The minimum Gasteiger partial charge on any atom is -0.496 e. The Balaban J connectivity index is 2.13. The van der Waals surface area contributed by atoms with Gasteiger partial charge in [-0.25, -0.2) is 0 Å². The van der Waals surface area contributed by atoms with Crippen LogP contribution in [-0.2, 0) is 13.2 Å². The highest BCUT2D eigenvalue weighted by molar-refractivity contribution is 9.10. The molecule has 0 atom stereocenters. The maximum absolute atomic E-state index is 5.87. The van der Waals surface area contributed by atoms with E-state index in [1.165, 1.54) is 11.1 Å². The van der Waals surface area contributed by atoms with Crippen LogP contribution < -0.4 is 15.2 Å². The molecule has 0 amide bonds. The van der Waals surface area contributed by atoms with Gasteiger partial charge < -0.3 is 15.2 Å². The van der Waals surface area contributed by atoms with Gasteiger partial charge in [0.1, 0.15) is 18.1 Å². The fraction of sp³-hybridized carbons (Fsp3) is 0.294. The Kier molecular flexibility index (Phi) is 5.26. The lowest BCUT2D eigenvalue weighted by Gasteiger charge is -2.12. The number of rotatable bonds is 5. The molecule has 0 saturated heterocycles. The summed E-state index contributed by atoms with van der Waals surface area (Å²) in [4.78, 5) is 0. The summed E-state index contributed by atoms with van der Waals surface area (Å²) in [6, 6.07) is 10.0. The van der Waals surface area contributed by atoms with Crippen LogP contribution in [0.15, 0.2) is 34.8 Å². The van der Waals surface area contributed by atoms with Crippen molar-refractivity contribution in [3.63, 3.8) is 0 Å². The maximum atomic E-state index is 5.87. The molecule has 0 saturated carbocycles. The van der Waals surface area contributed by atoms with Gasteiger partial charge in [-0.3, -0.25) is 0 Å². The van der Waals surface area contributed by atoms with Crippen LogP contribution in [-0.4, -0.2) is 7.11 Å². The molecule has 0 spiro atoms. The van der Waals surface area contributed by atoms with Crippen molar-refractivity contribution in [1.82, 2.24) is 0 Å². The SMILES string of the molecule is COc1cc(COc2cc(C)c(Br)c(C)c2)ccc1CN. The number of methoxy groups -OCH3 is 1. The Morgan fingerprint density at radius 1 is 1.10 bits per heavy atom. The second kappa shape index (κ2) is 6.96. The van der Waals surface area contributed by atoms with E-state index in [-0.39, 0.29) is 0 Å². The van der Waals surface area contributed by atoms with Crippen molar-refractivity contribution in [2.75, 3.05) is 7.11 Å². The lowest BCUT2D eigenvalue weighted by Crippen LogP contribution is -2.02. The summed E-state index contributed by atoms with van der Waals surface area (Å²) in [7, 11) is 1.65. The smallest absolute Gasteiger partial charge is 0.123 e. The molecule has 3 nitrogen and oxygen atoms in total. The first kappa shape index (κ1) is 15.9. The topological polar surface area (TPSA) is 44.5 Å². The average Bonchev–Trinajstić information content (AvgIpc) is 2.50. The summed E-state index contributed by atoms with van der Waals surface area (Å²) < 4.78 is 12.3. The van der Waals surface area contributed by atoms with Gasteiger partial charge in [-0.05, 0) is 48.7 Å². The largest absolute Gasteiger partial charge is 0.496 e. The number of nitrogens with two attached hydrogens (primary N) is 1. The fourth-order valence-corrected chi connectivity index (χ4v) is 2.43. The average molecular weight is 350 g/mol. The summed E-state index contributed by atoms with van der Waals surface area (Å²) in [5, 5.41) is 0. The van der Waals surface area contributed by atoms with Crippen molar-refractivity contribution in [2.45, 2.75) is 27.0 Å². The Morgan fingerprint density at radius 2 is 1.76 bits per heavy atom. The molecule has 2 rings (SSSR count). The van der Waals surface area contributed by atoms with Crippen LogP contribution in [0.5, 0.6) is 11.5 Å². The van der Waals surface area contributed by atoms with Crippen molar-refractivity contribution in [2.24, 2.45) is 5.73 Å². The normalized spacial score (nSPS) is 10.5. The first-order chi connectivity index (χ1) is 10.0. The number of hydrogen-bond acceptors (Lipinski definition) is 3. The second-order valence-electron chi connectivity index (χ2n) is 5.01. The van der Waals surface area contributed by atoms with E-state index < -0.39 is 0 Å². The number of aryl methyl sites for hydroxylation is 2. The minimum absolute atomic E-state index is 0.468. The van der Waals surface area contributed by atoms with Crippen LogP contribution in [0.25, 0.3) is 0 Å². The molecular formula is C17H20BrNO2. The zero-order chi connectivity index (χ0) is 15.4. The van der Waals surface area contributed by atoms with Crippen molar-refractivity contribution in [1.29, 1.82) is 0 Å². The summed E-state index contributed by atoms with van der Waals surface area (Å²) in [5.41, 5.74) is 10.1. The number of halogens is 1. The molecule has 2 aromatic carbocycles. The molecular weight excluding hydrogens is 330 g/mol. The Hall–Kier alpha value is -1.52. The molecule has 0 aliphatic carbocycles. The third-order valence-electron chi connectivity index (χ3n) is 3.39. The molecule has 0 unspecified atom stereocenters. The number of hydrogen-bond donors (Lipinski definition) is 1. The van der Waals surface area contributed by atoms with Crippen LogP contribution in [0.3, 0.4) is 0 Å². The number of benzene rings is 2. The fourth-order valence-electron chi connectivity index (χ4n) is 2.20. The molecule has 0 heterocycles. The van der Waals surface area contributed by atoms with Gasteiger partial charge in [0.25, 0.3) is 0 Å². The van der Waals surface area contributed by atoms with E-state index in [0.29, 0.717) is 13.2 Å². The predicted molar refractivity (Wildman–Crippen MR) is 88.8 cm³/mol. The summed E-state index contributed by atoms with van der Waals surface area (Å²) in [6.45, 7) is 5.09. The van der Waals surface area contributed by atoms with Gasteiger partial charge in [0.2, 0.25) is 0 Å². The summed E-state index contributed by atoms with van der Waals surface area (Å²) in [6.07, 6.45) is 0. The van der Waals surface area contributed by atoms with E-state index in [1.807, 2.05) is 30.3 Å². The van der Waals surface area contributed by atoms with Gasteiger partial charge >= 0.3 is 0 Å². The van der Waals surface area contributed by atoms with E-state index in [1.54, 1.807) is 7.11 Å². The van der Waals surface area contributed by atoms with Gasteiger partial charge in [-0.2, -0.15) is 0 Å². The molecule has 112 valence electrons. The van der Waals surface area contributed by atoms with Gasteiger partial charge in [0.15, 0.2) is 0 Å². The highest BCUT2D eigenvalue weighted by Crippen LogP contribution is 2.27. The Bertz CT molecular complexity index is 618. The first-order valence-electron chi connectivity index (χ1n) is 6.80. The molecule has 0 fully saturated rings. The monoisotopic (exact) mass is 349 g/mol. The van der Waals surface area contributed by atoms with Crippen LogP contribution in [0.1, 0.15) is 22.3 Å². The Morgan fingerprint density at radius 3 is 2.33 bits per heavy atom. The van der Waals surface area contributed by atoms with Crippen LogP contribution >= 0.6 is 15.9 Å². The lowest BCUT2D eigenvalue weighted by molar-refractivity contribution is 0.304. The van der Waals surface area contributed by atoms with E-state index in [4.69, 9.17) is 15.2 Å². The third-order valence-corrected chi connectivity index (χ3v) is 4.64. The summed E-state index contributed by atoms with van der Waals surface area (Å²) in [5.74, 6) is 1.68. The standard InChI is InChI=1S/C17H20BrNO2/c1-11-6-15(7-12(2)17(11)18)21-10-13-4-5-14(9-19)16(8-13)20-3/h4-8H,9-10,19H2,1-3H3. The second-order valence-corrected chi connectivity index (χ2v) is 5.80. The van der Waals surface area contributed by atoms with Crippen molar-refractivity contribution in [3.8, 4) is 11.5 Å². The summed E-state index contributed by atoms with van der Waals surface area (Å²) >= 11 is 3.56. The Labute approximate surface area is 134 Å². The van der Waals surface area contributed by atoms with Crippen molar-refractivity contribution >= 4 is 15.9 Å². The predicted octanol–water partition coefficient (Wildman–Crippen LogP) is 4.11. The molecule has 2 aromatic rings. The molecule has 0 aromatic heterocycles. The van der Waals surface area contributed by atoms with Gasteiger partial charge in [0, 0.05) is 16.6 Å². The van der Waals surface area contributed by atoms with Crippen molar-refractivity contribution < 1.29 is 9.47 Å². The highest BCUT2D eigenvalue weighted by atomic mass is 79.9. The van der Waals surface area contributed by atoms with Crippen molar-refractivity contribution in [3.05, 3.63) is 57.1 Å². The molecule has 4 heteroatoms. The zero-order valence-electron chi connectivity index (χ0n) is 12.6. The molecule has 0 bridgehead atoms.